The van der Waals surface area contributed by atoms with Gasteiger partial charge in [0.1, 0.15) is 5.75 Å². The molecule has 2 N–H and O–H groups in total. The van der Waals surface area contributed by atoms with E-state index in [1.807, 2.05) is 31.2 Å². The molecule has 1 aromatic rings. The fourth-order valence-electron chi connectivity index (χ4n) is 1.25. The Morgan fingerprint density at radius 3 is 2.65 bits per heavy atom. The van der Waals surface area contributed by atoms with Gasteiger partial charge >= 0.3 is 0 Å². The summed E-state index contributed by atoms with van der Waals surface area (Å²) in [6.07, 6.45) is -0.224. The van der Waals surface area contributed by atoms with Gasteiger partial charge in [-0.3, -0.25) is 4.79 Å². The average molecular weight is 237 g/mol. The van der Waals surface area contributed by atoms with Gasteiger partial charge in [0.2, 0.25) is 5.91 Å². The number of hydrogen-bond acceptors (Lipinski definition) is 3. The minimum Gasteiger partial charge on any atom is -0.493 e. The molecule has 4 nitrogen and oxygen atoms in total. The molecule has 0 bridgehead atoms. The van der Waals surface area contributed by atoms with Gasteiger partial charge in [0.15, 0.2) is 0 Å². The smallest absolute Gasteiger partial charge is 0.223 e. The summed E-state index contributed by atoms with van der Waals surface area (Å²) < 4.78 is 5.42. The van der Waals surface area contributed by atoms with Crippen molar-refractivity contribution < 1.29 is 14.6 Å². The first kappa shape index (κ1) is 13.5. The van der Waals surface area contributed by atoms with Crippen molar-refractivity contribution in [3.8, 4) is 5.75 Å². The third-order valence-electron chi connectivity index (χ3n) is 2.21. The SMILES string of the molecule is Cc1ccc(OCCC(=O)NC[C@@H](C)O)cc1. The number of amides is 1. The molecule has 0 aromatic heterocycles. The topological polar surface area (TPSA) is 58.6 Å². The molecule has 0 spiro atoms. The highest BCUT2D eigenvalue weighted by atomic mass is 16.5. The van der Waals surface area contributed by atoms with E-state index >= 15 is 0 Å². The number of benzene rings is 1. The molecule has 1 rings (SSSR count). The van der Waals surface area contributed by atoms with E-state index in [9.17, 15) is 4.79 Å². The Hall–Kier alpha value is -1.55. The van der Waals surface area contributed by atoms with Gasteiger partial charge in [0.25, 0.3) is 0 Å². The Morgan fingerprint density at radius 1 is 1.41 bits per heavy atom. The predicted octanol–water partition coefficient (Wildman–Crippen LogP) is 1.26. The number of carbonyl (C=O) groups excluding carboxylic acids is 1. The molecular weight excluding hydrogens is 218 g/mol. The molecule has 1 aromatic carbocycles. The van der Waals surface area contributed by atoms with Crippen LogP contribution >= 0.6 is 0 Å². The third kappa shape index (κ3) is 5.92. The van der Waals surface area contributed by atoms with Crippen LogP contribution in [0.2, 0.25) is 0 Å². The van der Waals surface area contributed by atoms with Crippen LogP contribution < -0.4 is 10.1 Å². The van der Waals surface area contributed by atoms with Gasteiger partial charge in [0.05, 0.1) is 19.1 Å². The van der Waals surface area contributed by atoms with Crippen LogP contribution in [0.15, 0.2) is 24.3 Å². The zero-order chi connectivity index (χ0) is 12.7. The molecule has 1 atom stereocenters. The largest absolute Gasteiger partial charge is 0.493 e. The minimum atomic E-state index is -0.517. The number of aliphatic hydroxyl groups is 1. The molecule has 0 aliphatic heterocycles. The van der Waals surface area contributed by atoms with Gasteiger partial charge in [0, 0.05) is 6.54 Å². The molecule has 0 saturated heterocycles. The first-order valence-electron chi connectivity index (χ1n) is 5.72. The number of ether oxygens (including phenoxy) is 1. The average Bonchev–Trinajstić information content (AvgIpc) is 2.29. The van der Waals surface area contributed by atoms with E-state index in [1.165, 1.54) is 5.56 Å². The Kier molecular flexibility index (Phi) is 5.49. The Labute approximate surface area is 102 Å². The highest BCUT2D eigenvalue weighted by Crippen LogP contribution is 2.11. The van der Waals surface area contributed by atoms with Gasteiger partial charge < -0.3 is 15.2 Å². The fourth-order valence-corrected chi connectivity index (χ4v) is 1.25. The lowest BCUT2D eigenvalue weighted by Gasteiger charge is -2.08. The zero-order valence-electron chi connectivity index (χ0n) is 10.3. The summed E-state index contributed by atoms with van der Waals surface area (Å²) in [5.74, 6) is 0.650. The highest BCUT2D eigenvalue weighted by Gasteiger charge is 2.03. The standard InChI is InChI=1S/C13H19NO3/c1-10-3-5-12(6-4-10)17-8-7-13(16)14-9-11(2)15/h3-6,11,15H,7-9H2,1-2H3,(H,14,16)/t11-/m1/s1. The van der Waals surface area contributed by atoms with Crippen molar-refractivity contribution in [3.05, 3.63) is 29.8 Å². The van der Waals surface area contributed by atoms with E-state index in [1.54, 1.807) is 6.92 Å². The van der Waals surface area contributed by atoms with Gasteiger partial charge in [-0.15, -0.1) is 0 Å². The van der Waals surface area contributed by atoms with E-state index in [4.69, 9.17) is 9.84 Å². The first-order chi connectivity index (χ1) is 8.08. The van der Waals surface area contributed by atoms with Crippen molar-refractivity contribution in [2.45, 2.75) is 26.4 Å². The van der Waals surface area contributed by atoms with Gasteiger partial charge in [-0.05, 0) is 26.0 Å². The van der Waals surface area contributed by atoms with E-state index < -0.39 is 6.10 Å². The molecule has 0 fully saturated rings. The summed E-state index contributed by atoms with van der Waals surface area (Å²) in [7, 11) is 0. The Morgan fingerprint density at radius 2 is 2.06 bits per heavy atom. The van der Waals surface area contributed by atoms with E-state index in [2.05, 4.69) is 5.32 Å². The number of aliphatic hydroxyl groups excluding tert-OH is 1. The van der Waals surface area contributed by atoms with Crippen molar-refractivity contribution in [2.75, 3.05) is 13.2 Å². The van der Waals surface area contributed by atoms with Crippen LogP contribution in [0.4, 0.5) is 0 Å². The van der Waals surface area contributed by atoms with E-state index in [-0.39, 0.29) is 12.5 Å². The predicted molar refractivity (Wildman–Crippen MR) is 66.0 cm³/mol. The Balaban J connectivity index is 2.19. The fraction of sp³-hybridized carbons (Fsp3) is 0.462. The Bertz CT molecular complexity index is 346. The number of nitrogens with one attached hydrogen (secondary N) is 1. The first-order valence-corrected chi connectivity index (χ1v) is 5.72. The van der Waals surface area contributed by atoms with Crippen LogP contribution in [-0.4, -0.2) is 30.3 Å². The molecule has 0 aliphatic carbocycles. The summed E-state index contributed by atoms with van der Waals surface area (Å²) in [6.45, 7) is 4.26. The number of rotatable bonds is 6. The zero-order valence-corrected chi connectivity index (χ0v) is 10.3. The number of hydrogen-bond donors (Lipinski definition) is 2. The molecule has 0 aliphatic rings. The summed E-state index contributed by atoms with van der Waals surface area (Å²) in [5, 5.41) is 11.6. The maximum absolute atomic E-state index is 11.3. The van der Waals surface area contributed by atoms with Crippen molar-refractivity contribution in [3.63, 3.8) is 0 Å². The second kappa shape index (κ2) is 6.91. The molecule has 0 unspecified atom stereocenters. The van der Waals surface area contributed by atoms with Crippen molar-refractivity contribution in [1.29, 1.82) is 0 Å². The van der Waals surface area contributed by atoms with Crippen molar-refractivity contribution in [1.82, 2.24) is 5.32 Å². The van der Waals surface area contributed by atoms with Gasteiger partial charge in [-0.2, -0.15) is 0 Å². The number of aryl methyl sites for hydroxylation is 1. The second-order valence-electron chi connectivity index (χ2n) is 4.06. The molecule has 17 heavy (non-hydrogen) atoms. The highest BCUT2D eigenvalue weighted by molar-refractivity contribution is 5.75. The van der Waals surface area contributed by atoms with E-state index in [0.29, 0.717) is 13.0 Å². The number of carbonyl (C=O) groups is 1. The van der Waals surface area contributed by atoms with Crippen molar-refractivity contribution >= 4 is 5.91 Å². The quantitative estimate of drug-likeness (QED) is 0.783. The molecule has 0 heterocycles. The van der Waals surface area contributed by atoms with Crippen molar-refractivity contribution in [2.24, 2.45) is 0 Å². The van der Waals surface area contributed by atoms with Crippen LogP contribution in [0.25, 0.3) is 0 Å². The minimum absolute atomic E-state index is 0.113. The van der Waals surface area contributed by atoms with Gasteiger partial charge in [-0.1, -0.05) is 17.7 Å². The summed E-state index contributed by atoms with van der Waals surface area (Å²) in [5.41, 5.74) is 1.17. The van der Waals surface area contributed by atoms with Crippen LogP contribution in [-0.2, 0) is 4.79 Å². The van der Waals surface area contributed by atoms with Crippen LogP contribution in [0, 0.1) is 6.92 Å². The summed E-state index contributed by atoms with van der Waals surface area (Å²) in [6, 6.07) is 7.68. The maximum atomic E-state index is 11.3. The van der Waals surface area contributed by atoms with Crippen LogP contribution in [0.3, 0.4) is 0 Å². The second-order valence-corrected chi connectivity index (χ2v) is 4.06. The molecule has 0 radical (unpaired) electrons. The molecular formula is C13H19NO3. The van der Waals surface area contributed by atoms with E-state index in [0.717, 1.165) is 5.75 Å². The lowest BCUT2D eigenvalue weighted by Crippen LogP contribution is -2.31. The molecule has 1 amide bonds. The summed E-state index contributed by atoms with van der Waals surface area (Å²) >= 11 is 0. The lowest BCUT2D eigenvalue weighted by atomic mass is 10.2. The maximum Gasteiger partial charge on any atom is 0.223 e. The van der Waals surface area contributed by atoms with Crippen LogP contribution in [0.1, 0.15) is 18.9 Å². The van der Waals surface area contributed by atoms with Crippen LogP contribution in [0.5, 0.6) is 5.75 Å². The molecule has 94 valence electrons. The third-order valence-corrected chi connectivity index (χ3v) is 2.21. The normalized spacial score (nSPS) is 11.9. The molecule has 4 heteroatoms. The lowest BCUT2D eigenvalue weighted by molar-refractivity contribution is -0.122. The van der Waals surface area contributed by atoms with Gasteiger partial charge in [-0.25, -0.2) is 0 Å². The molecule has 0 saturated carbocycles. The summed E-state index contributed by atoms with van der Waals surface area (Å²) in [4.78, 5) is 11.3. The monoisotopic (exact) mass is 237 g/mol.